The van der Waals surface area contributed by atoms with E-state index in [1.165, 1.54) is 12.5 Å². The molecule has 45 heavy (non-hydrogen) atoms. The molecule has 12 atom stereocenters. The van der Waals surface area contributed by atoms with Crippen molar-refractivity contribution in [3.05, 3.63) is 36.3 Å². The van der Waals surface area contributed by atoms with E-state index < -0.39 is 88.0 Å². The van der Waals surface area contributed by atoms with Gasteiger partial charge in [0.15, 0.2) is 17.5 Å². The van der Waals surface area contributed by atoms with Crippen molar-refractivity contribution >= 4 is 30.2 Å². The summed E-state index contributed by atoms with van der Waals surface area (Å²) < 4.78 is 35.7. The van der Waals surface area contributed by atoms with E-state index in [0.29, 0.717) is 17.6 Å². The lowest BCUT2D eigenvalue weighted by atomic mass is 9.44. The molecule has 12 heteroatoms. The van der Waals surface area contributed by atoms with Gasteiger partial charge in [0.1, 0.15) is 24.4 Å². The van der Waals surface area contributed by atoms with Crippen molar-refractivity contribution in [1.29, 1.82) is 0 Å². The van der Waals surface area contributed by atoms with Gasteiger partial charge in [0, 0.05) is 29.6 Å². The molecule has 5 aliphatic rings. The first-order valence-electron chi connectivity index (χ1n) is 15.5. The van der Waals surface area contributed by atoms with Crippen molar-refractivity contribution in [2.75, 3.05) is 6.61 Å². The molecule has 2 aliphatic carbocycles. The Labute approximate surface area is 260 Å². The number of carbonyl (C=O) groups is 5. The summed E-state index contributed by atoms with van der Waals surface area (Å²) in [5, 5.41) is 10.9. The van der Waals surface area contributed by atoms with Crippen molar-refractivity contribution in [2.45, 2.75) is 102 Å². The van der Waals surface area contributed by atoms with Crippen LogP contribution in [-0.4, -0.2) is 77.5 Å². The molecule has 0 aromatic carbocycles. The highest BCUT2D eigenvalue weighted by Gasteiger charge is 2.82. The van der Waals surface area contributed by atoms with Gasteiger partial charge in [-0.25, -0.2) is 4.79 Å². The highest BCUT2D eigenvalue weighted by molar-refractivity contribution is 5.97. The van der Waals surface area contributed by atoms with Crippen molar-refractivity contribution in [3.63, 3.8) is 0 Å². The van der Waals surface area contributed by atoms with Crippen LogP contribution in [0.15, 0.2) is 35.2 Å². The van der Waals surface area contributed by atoms with Crippen LogP contribution in [-0.2, 0) is 47.7 Å². The highest BCUT2D eigenvalue weighted by atomic mass is 16.6. The van der Waals surface area contributed by atoms with Gasteiger partial charge in [0.25, 0.3) is 6.47 Å². The fraction of sp³-hybridized carbons (Fsp3) is 0.667. The van der Waals surface area contributed by atoms with Gasteiger partial charge >= 0.3 is 17.9 Å². The fourth-order valence-corrected chi connectivity index (χ4v) is 9.37. The Kier molecular flexibility index (Phi) is 7.35. The first-order chi connectivity index (χ1) is 21.2. The van der Waals surface area contributed by atoms with Crippen molar-refractivity contribution in [3.8, 4) is 0 Å². The number of aliphatic hydroxyl groups is 1. The molecule has 244 valence electrons. The molecular formula is C33H40O12. The van der Waals surface area contributed by atoms with Crippen LogP contribution < -0.4 is 0 Å². The largest absolute Gasteiger partial charge is 0.472 e. The molecule has 1 aromatic rings. The summed E-state index contributed by atoms with van der Waals surface area (Å²) in [6.07, 6.45) is -2.06. The Hall–Kier alpha value is -3.51. The van der Waals surface area contributed by atoms with E-state index in [-0.39, 0.29) is 38.1 Å². The minimum Gasteiger partial charge on any atom is -0.472 e. The van der Waals surface area contributed by atoms with E-state index in [1.807, 2.05) is 13.8 Å². The second kappa shape index (κ2) is 10.5. The molecule has 6 rings (SSSR count). The number of hydrogen-bond donors (Lipinski definition) is 1. The monoisotopic (exact) mass is 628 g/mol. The molecule has 2 bridgehead atoms. The van der Waals surface area contributed by atoms with Gasteiger partial charge in [0.2, 0.25) is 0 Å². The topological polar surface area (TPSA) is 165 Å². The maximum atomic E-state index is 14.5. The molecule has 1 N–H and O–H groups in total. The summed E-state index contributed by atoms with van der Waals surface area (Å²) in [6, 6.07) is 1.70. The van der Waals surface area contributed by atoms with Crippen LogP contribution in [0.2, 0.25) is 0 Å². The minimum atomic E-state index is -1.80. The predicted octanol–water partition coefficient (Wildman–Crippen LogP) is 2.80. The maximum absolute atomic E-state index is 14.5. The molecule has 4 heterocycles. The highest BCUT2D eigenvalue weighted by Crippen LogP contribution is 2.72. The van der Waals surface area contributed by atoms with Crippen LogP contribution in [0.4, 0.5) is 0 Å². The van der Waals surface area contributed by atoms with E-state index in [0.717, 1.165) is 0 Å². The summed E-state index contributed by atoms with van der Waals surface area (Å²) >= 11 is 0. The van der Waals surface area contributed by atoms with Crippen molar-refractivity contribution in [1.82, 2.24) is 0 Å². The standard InChI is InChI=1S/C33H40O12/c1-7-16(2)26(38)29(39)43-28-27(42-15-34)25-17(3)33(21(35)10-19(32(28,33)6)18-8-9-40-13-18)44-22-12-24(37)45-30(4)14-41-23(36)11-20(30)31(22,25)5/h8-9,13,15-16,19-20,22,25-28,38H,3,7,10-12,14H2,1-2,4-6H3/t16?,19-,20-,22-,25+,26?,27+,28-,30+,31+,32+,33+/m0/s1. The van der Waals surface area contributed by atoms with Crippen LogP contribution in [0.1, 0.15) is 71.8 Å². The second-order valence-corrected chi connectivity index (χ2v) is 14.0. The smallest absolute Gasteiger partial charge is 0.335 e. The second-order valence-electron chi connectivity index (χ2n) is 14.0. The Balaban J connectivity index is 1.60. The lowest BCUT2D eigenvalue weighted by Crippen LogP contribution is -2.77. The average Bonchev–Trinajstić information content (AvgIpc) is 3.58. The van der Waals surface area contributed by atoms with Crippen LogP contribution in [0, 0.1) is 28.6 Å². The third kappa shape index (κ3) is 4.06. The van der Waals surface area contributed by atoms with E-state index in [2.05, 4.69) is 6.58 Å². The Morgan fingerprint density at radius 2 is 1.91 bits per heavy atom. The third-order valence-electron chi connectivity index (χ3n) is 11.9. The molecule has 5 fully saturated rings. The number of esters is 3. The molecular weight excluding hydrogens is 588 g/mol. The SMILES string of the molecule is C=C1[C@@H]2[C@@H](OC=O)[C@H](OC(=O)C(O)C(C)CC)[C@@]3(C)[C@H](c4ccoc4)CC(=O)[C@]13O[C@H]1CC(=O)O[C@]3(C)COC(=O)C[C@@H]3[C@]12C. The summed E-state index contributed by atoms with van der Waals surface area (Å²) in [6.45, 7) is 13.2. The van der Waals surface area contributed by atoms with Crippen molar-refractivity contribution < 1.29 is 57.2 Å². The number of hydrogen-bond acceptors (Lipinski definition) is 12. The van der Waals surface area contributed by atoms with E-state index in [4.69, 9.17) is 28.1 Å². The molecule has 2 unspecified atom stereocenters. The maximum Gasteiger partial charge on any atom is 0.335 e. The molecule has 0 amide bonds. The number of ether oxygens (including phenoxy) is 5. The molecule has 2 saturated carbocycles. The number of rotatable bonds is 7. The van der Waals surface area contributed by atoms with Gasteiger partial charge in [0.05, 0.1) is 36.9 Å². The molecule has 3 aliphatic heterocycles. The Morgan fingerprint density at radius 1 is 1.18 bits per heavy atom. The zero-order chi connectivity index (χ0) is 32.7. The van der Waals surface area contributed by atoms with Gasteiger partial charge in [-0.2, -0.15) is 0 Å². The van der Waals surface area contributed by atoms with Crippen LogP contribution >= 0.6 is 0 Å². The van der Waals surface area contributed by atoms with Crippen LogP contribution in [0.25, 0.3) is 0 Å². The van der Waals surface area contributed by atoms with Gasteiger partial charge < -0.3 is 33.2 Å². The lowest BCUT2D eigenvalue weighted by Gasteiger charge is -2.67. The van der Waals surface area contributed by atoms with Gasteiger partial charge in [-0.05, 0) is 30.0 Å². The first-order valence-corrected chi connectivity index (χ1v) is 15.5. The fourth-order valence-electron chi connectivity index (χ4n) is 9.37. The summed E-state index contributed by atoms with van der Waals surface area (Å²) in [4.78, 5) is 66.6. The molecule has 1 spiro atoms. The number of fused-ring (bicyclic) bond motifs is 5. The third-order valence-corrected chi connectivity index (χ3v) is 11.9. The summed E-state index contributed by atoms with van der Waals surface area (Å²) in [5.74, 6) is -5.15. The lowest BCUT2D eigenvalue weighted by molar-refractivity contribution is -0.296. The Bertz CT molecular complexity index is 1430. The molecule has 1 aromatic heterocycles. The summed E-state index contributed by atoms with van der Waals surface area (Å²) in [7, 11) is 0. The average molecular weight is 629 g/mol. The summed E-state index contributed by atoms with van der Waals surface area (Å²) in [5.41, 5.74) is -4.78. The predicted molar refractivity (Wildman–Crippen MR) is 152 cm³/mol. The van der Waals surface area contributed by atoms with Crippen LogP contribution in [0.3, 0.4) is 0 Å². The van der Waals surface area contributed by atoms with E-state index in [9.17, 15) is 29.1 Å². The number of carbonyl (C=O) groups excluding carboxylic acids is 5. The van der Waals surface area contributed by atoms with Crippen molar-refractivity contribution in [2.24, 2.45) is 28.6 Å². The number of aliphatic hydroxyl groups excluding tert-OH is 1. The number of furan rings is 1. The van der Waals surface area contributed by atoms with E-state index in [1.54, 1.807) is 26.8 Å². The Morgan fingerprint density at radius 3 is 2.56 bits per heavy atom. The van der Waals surface area contributed by atoms with Crippen LogP contribution in [0.5, 0.6) is 0 Å². The molecule has 3 saturated heterocycles. The number of cyclic esters (lactones) is 1. The first kappa shape index (κ1) is 31.5. The zero-order valence-electron chi connectivity index (χ0n) is 26.1. The number of ketones is 1. The molecule has 12 nitrogen and oxygen atoms in total. The minimum absolute atomic E-state index is 0.0566. The van der Waals surface area contributed by atoms with Gasteiger partial charge in [-0.3, -0.25) is 19.2 Å². The molecule has 0 radical (unpaired) electrons. The normalized spacial score (nSPS) is 43.4. The number of Topliss-reactive ketones (excluding diaryl/α,β-unsaturated/α-hetero) is 1. The van der Waals surface area contributed by atoms with Gasteiger partial charge in [-0.15, -0.1) is 0 Å². The van der Waals surface area contributed by atoms with Gasteiger partial charge in [-0.1, -0.05) is 40.7 Å². The quantitative estimate of drug-likeness (QED) is 0.203. The van der Waals surface area contributed by atoms with E-state index >= 15 is 0 Å². The zero-order valence-corrected chi connectivity index (χ0v) is 26.1.